The molecule has 5 fully saturated rings. The number of carbonyl (C=O) groups is 2. The fourth-order valence-electron chi connectivity index (χ4n) is 8.26. The second-order valence-corrected chi connectivity index (χ2v) is 24.0. The molecule has 5 saturated heterocycles. The van der Waals surface area contributed by atoms with Crippen LogP contribution in [0.2, 0.25) is 0 Å². The SMILES string of the molecule is N[C@H]1[C@@H](O[C@H]2[C@H](O)[C@@H](O)[C@H](O[C@H]3[C@H](OS(=O)(=O)O)[C@@H](N)[C@H](O[C@H]4[C@H](O)[C@@H](OS(=O)(=O)O)[C@H](O[C@H]5[C@H](O)[C@@H](NS(=O)(=O)O)[C@@H](O)O[C@@H]5COS(=O)(=O)O)O[C@H]4C(=O)O)O[C@@H]3COS(=O)(=O)O)O[C@@H]2C(=O)O)O[C@H](COS(=O)(=O)O)[C@@H](O)[C@@H]1O. The molecule has 52 heteroatoms. The third-order valence-corrected chi connectivity index (χ3v) is 14.5. The van der Waals surface area contributed by atoms with Crippen molar-refractivity contribution in [2.24, 2.45) is 11.5 Å². The fraction of sp³-hybridized carbons (Fsp3) is 0.933. The Bertz CT molecular complexity index is 2920. The van der Waals surface area contributed by atoms with Crippen molar-refractivity contribution >= 4 is 74.2 Å². The lowest BCUT2D eigenvalue weighted by Crippen LogP contribution is -2.70. The van der Waals surface area contributed by atoms with Crippen molar-refractivity contribution in [2.75, 3.05) is 19.8 Å². The number of carboxylic acids is 2. The lowest BCUT2D eigenvalue weighted by atomic mass is 9.94. The van der Waals surface area contributed by atoms with Crippen molar-refractivity contribution in [1.82, 2.24) is 4.72 Å². The number of carboxylic acid groups (broad SMARTS) is 2. The maximum absolute atomic E-state index is 12.8. The van der Waals surface area contributed by atoms with Gasteiger partial charge in [0.15, 0.2) is 49.8 Å². The molecule has 5 rings (SSSR count). The summed E-state index contributed by atoms with van der Waals surface area (Å²) in [5.74, 6) is -4.52. The number of aliphatic carboxylic acids is 2. The molecule has 0 aliphatic carbocycles. The summed E-state index contributed by atoms with van der Waals surface area (Å²) in [7, 11) is -33.9. The average molecular weight is 1330 g/mol. The summed E-state index contributed by atoms with van der Waals surface area (Å²) in [4.78, 5) is 25.4. The number of nitrogens with two attached hydrogens (primary N) is 2. The minimum atomic E-state index is -6.02. The third-order valence-electron chi connectivity index (χ3n) is 11.7. The molecule has 0 aromatic carbocycles. The molecule has 0 amide bonds. The molecule has 0 unspecified atom stereocenters. The lowest BCUT2D eigenvalue weighted by molar-refractivity contribution is -0.372. The van der Waals surface area contributed by atoms with Crippen LogP contribution in [0.4, 0.5) is 0 Å². The average Bonchev–Trinajstić information content (AvgIpc) is 3.48. The first-order chi connectivity index (χ1) is 37.3. The second-order valence-electron chi connectivity index (χ2n) is 17.4. The van der Waals surface area contributed by atoms with Crippen LogP contribution in [0.15, 0.2) is 0 Å². The zero-order valence-electron chi connectivity index (χ0n) is 39.8. The number of hydrogen-bond acceptors (Lipinski definition) is 37. The molecule has 480 valence electrons. The highest BCUT2D eigenvalue weighted by atomic mass is 32.3. The minimum Gasteiger partial charge on any atom is -0.479 e. The second kappa shape index (κ2) is 26.8. The molecule has 82 heavy (non-hydrogen) atoms. The number of rotatable bonds is 25. The van der Waals surface area contributed by atoms with E-state index in [1.807, 2.05) is 0 Å². The van der Waals surface area contributed by atoms with E-state index in [-0.39, 0.29) is 0 Å². The monoisotopic (exact) mass is 1330 g/mol. The first-order valence-corrected chi connectivity index (χ1v) is 30.1. The van der Waals surface area contributed by atoms with E-state index in [9.17, 15) is 124 Å². The van der Waals surface area contributed by atoms with Gasteiger partial charge in [-0.15, -0.1) is 0 Å². The summed E-state index contributed by atoms with van der Waals surface area (Å²) >= 11 is 0. The van der Waals surface area contributed by atoms with Gasteiger partial charge in [0.25, 0.3) is 0 Å². The highest BCUT2D eigenvalue weighted by Gasteiger charge is 2.60. The molecule has 5 heterocycles. The van der Waals surface area contributed by atoms with Gasteiger partial charge in [-0.3, -0.25) is 27.3 Å². The Hall–Kier alpha value is -2.56. The molecule has 0 radical (unpaired) electrons. The molecule has 0 aromatic heterocycles. The minimum absolute atomic E-state index is 1.25. The fourth-order valence-corrected chi connectivity index (χ4v) is 10.8. The molecule has 0 aromatic rings. The van der Waals surface area contributed by atoms with Gasteiger partial charge in [0.2, 0.25) is 0 Å². The van der Waals surface area contributed by atoms with Crippen LogP contribution in [0.5, 0.6) is 0 Å². The highest BCUT2D eigenvalue weighted by Crippen LogP contribution is 2.38. The van der Waals surface area contributed by atoms with Gasteiger partial charge in [-0.2, -0.15) is 55.2 Å². The predicted molar refractivity (Wildman–Crippen MR) is 236 cm³/mol. The summed E-state index contributed by atoms with van der Waals surface area (Å²) < 4.78 is 268. The number of ether oxygens (including phenoxy) is 9. The Balaban J connectivity index is 1.49. The highest BCUT2D eigenvalue weighted by molar-refractivity contribution is 7.83. The zero-order valence-corrected chi connectivity index (χ0v) is 44.7. The van der Waals surface area contributed by atoms with Crippen LogP contribution in [0.25, 0.3) is 0 Å². The molecular weight excluding hydrogens is 1280 g/mol. The third kappa shape index (κ3) is 19.0. The molecule has 46 nitrogen and oxygen atoms in total. The van der Waals surface area contributed by atoms with Crippen LogP contribution >= 0.6 is 0 Å². The molecule has 0 saturated carbocycles. The van der Waals surface area contributed by atoms with Gasteiger partial charge in [0, 0.05) is 0 Å². The van der Waals surface area contributed by atoms with E-state index in [2.05, 4.69) is 20.9 Å². The summed E-state index contributed by atoms with van der Waals surface area (Å²) in [5, 5.41) is 96.7. The molecule has 5 aliphatic heterocycles. The van der Waals surface area contributed by atoms with E-state index in [4.69, 9.17) is 63.2 Å². The maximum Gasteiger partial charge on any atom is 0.397 e. The first kappa shape index (κ1) is 70.2. The van der Waals surface area contributed by atoms with Gasteiger partial charge < -0.3 is 100 Å². The van der Waals surface area contributed by atoms with Crippen LogP contribution in [0.3, 0.4) is 0 Å². The van der Waals surface area contributed by atoms with Crippen molar-refractivity contribution in [3.05, 3.63) is 0 Å². The van der Waals surface area contributed by atoms with Crippen molar-refractivity contribution in [1.29, 1.82) is 0 Å². The Morgan fingerprint density at radius 1 is 0.402 bits per heavy atom. The predicted octanol–water partition coefficient (Wildman–Crippen LogP) is -13.3. The number of aliphatic hydroxyl groups excluding tert-OH is 7. The van der Waals surface area contributed by atoms with Gasteiger partial charge in [-0.05, 0) is 0 Å². The summed E-state index contributed by atoms with van der Waals surface area (Å²) in [6.07, 6.45) is -57.9. The van der Waals surface area contributed by atoms with Crippen LogP contribution in [-0.2, 0) is 135 Å². The number of aliphatic hydroxyl groups is 7. The van der Waals surface area contributed by atoms with Gasteiger partial charge in [-0.1, -0.05) is 0 Å². The Kier molecular flexibility index (Phi) is 23.0. The molecule has 25 atom stereocenters. The number of nitrogens with one attached hydrogen (secondary N) is 1. The van der Waals surface area contributed by atoms with E-state index in [0.717, 1.165) is 0 Å². The summed E-state index contributed by atoms with van der Waals surface area (Å²) in [5.41, 5.74) is 12.0. The zero-order chi connectivity index (χ0) is 62.3. The van der Waals surface area contributed by atoms with E-state index < -0.39 is 247 Å². The van der Waals surface area contributed by atoms with Gasteiger partial charge >= 0.3 is 74.2 Å². The molecule has 0 bridgehead atoms. The van der Waals surface area contributed by atoms with Crippen molar-refractivity contribution in [3.63, 3.8) is 0 Å². The van der Waals surface area contributed by atoms with Gasteiger partial charge in [0.1, 0.15) is 91.5 Å². The van der Waals surface area contributed by atoms with Crippen molar-refractivity contribution in [3.8, 4) is 0 Å². The number of hydrogen-bond donors (Lipinski definition) is 18. The molecule has 0 spiro atoms. The quantitative estimate of drug-likeness (QED) is 0.0377. The van der Waals surface area contributed by atoms with E-state index in [0.29, 0.717) is 0 Å². The van der Waals surface area contributed by atoms with Crippen molar-refractivity contribution < 1.29 is 197 Å². The van der Waals surface area contributed by atoms with Crippen LogP contribution < -0.4 is 16.2 Å². The summed E-state index contributed by atoms with van der Waals surface area (Å²) in [6, 6.07) is -7.03. The standard InChI is InChI=1S/C30H51N3O43S6/c31-7-11(35)10(34)4(1-63-78(48,49)50)67-27(7)71-19-13(37)14(38)29(73-22(19)24(40)41)70-17-6(3-65-80(54,55)56)68-28(8(32)18(17)75-81(57,58)59)72-20-15(39)21(76-82(60,61)62)30(74-23(20)25(42)43)69-16-5(2-64-79(51,52)53)66-26(44)9(12(16)36)33-77(45,46)47/h4-23,26-30,33-39,44H,1-3,31-32H2,(H,40,41)(H,42,43)(H,45,46,47)(H,48,49,50)(H,51,52,53)(H,54,55,56)(H,57,58,59)(H,60,61,62)/t4-,5-,6-,7-,8-,9-,10-,11-,12-,13-,14-,15+,16-,17-,18-,19+,20+,21-,22+,23-,26+,27-,28+,29-,30-/m1/s1. The largest absolute Gasteiger partial charge is 0.479 e. The first-order valence-electron chi connectivity index (χ1n) is 21.8. The van der Waals surface area contributed by atoms with Gasteiger partial charge in [0.05, 0.1) is 31.9 Å². The Morgan fingerprint density at radius 2 is 0.805 bits per heavy atom. The van der Waals surface area contributed by atoms with Gasteiger partial charge in [-0.25, -0.2) is 30.5 Å². The molecular formula is C30H51N3O43S6. The van der Waals surface area contributed by atoms with Crippen LogP contribution in [0.1, 0.15) is 0 Å². The van der Waals surface area contributed by atoms with E-state index in [1.54, 1.807) is 0 Å². The molecule has 20 N–H and O–H groups in total. The smallest absolute Gasteiger partial charge is 0.397 e. The maximum atomic E-state index is 12.8. The topological polar surface area (TPSA) is 736 Å². The molecule has 5 aliphatic rings. The summed E-state index contributed by atoms with van der Waals surface area (Å²) in [6.45, 7) is -4.58. The van der Waals surface area contributed by atoms with Crippen LogP contribution in [-0.4, -0.2) is 309 Å². The Labute approximate surface area is 459 Å². The lowest BCUT2D eigenvalue weighted by Gasteiger charge is -2.50. The van der Waals surface area contributed by atoms with Crippen molar-refractivity contribution in [2.45, 2.75) is 153 Å². The normalized spacial score (nSPS) is 41.2. The van der Waals surface area contributed by atoms with E-state index in [1.165, 1.54) is 4.72 Å². The van der Waals surface area contributed by atoms with Crippen LogP contribution in [0, 0.1) is 0 Å². The van der Waals surface area contributed by atoms with E-state index >= 15 is 0 Å². The Morgan fingerprint density at radius 3 is 1.27 bits per heavy atom.